The fourth-order valence-electron chi connectivity index (χ4n) is 2.91. The molecule has 0 bridgehead atoms. The summed E-state index contributed by atoms with van der Waals surface area (Å²) in [6.45, 7) is 1.53. The summed E-state index contributed by atoms with van der Waals surface area (Å²) in [5.41, 5.74) is 6.36. The number of ether oxygens (including phenoxy) is 2. The van der Waals surface area contributed by atoms with Crippen molar-refractivity contribution in [3.63, 3.8) is 0 Å². The number of hydrogen-bond donors (Lipinski definition) is 1. The van der Waals surface area contributed by atoms with Crippen molar-refractivity contribution in [3.05, 3.63) is 76.0 Å². The van der Waals surface area contributed by atoms with E-state index in [1.165, 1.54) is 6.07 Å². The van der Waals surface area contributed by atoms with Gasteiger partial charge in [0, 0.05) is 11.6 Å². The van der Waals surface area contributed by atoms with Gasteiger partial charge in [0.05, 0.1) is 4.92 Å². The average molecular weight is 450 g/mol. The second-order valence-electron chi connectivity index (χ2n) is 6.99. The normalized spacial score (nSPS) is 10.7. The number of rotatable bonds is 9. The number of aryl methyl sites for hydroxylation is 1. The highest BCUT2D eigenvalue weighted by Gasteiger charge is 2.18. The topological polar surface area (TPSA) is 157 Å². The van der Waals surface area contributed by atoms with E-state index in [-0.39, 0.29) is 30.5 Å². The number of primary amides is 1. The second kappa shape index (κ2) is 9.22. The molecule has 0 atom stereocenters. The van der Waals surface area contributed by atoms with Crippen molar-refractivity contribution in [2.75, 3.05) is 6.61 Å². The molecule has 0 fully saturated rings. The van der Waals surface area contributed by atoms with Crippen molar-refractivity contribution in [1.29, 1.82) is 0 Å². The lowest BCUT2D eigenvalue weighted by atomic mass is 10.2. The van der Waals surface area contributed by atoms with Gasteiger partial charge in [0.25, 0.3) is 11.8 Å². The third-order valence-corrected chi connectivity index (χ3v) is 4.47. The standard InChI is InChI=1S/C22H18N4O7/c1-13-2-8-18(17(10-13)26(28)29)31-11-16-7-9-19(32-16)22-24-21(25-33-22)14-3-5-15(6-4-14)30-12-20(23)27/h2-10H,11-12H2,1H3,(H2,23,27). The summed E-state index contributed by atoms with van der Waals surface area (Å²) in [5, 5.41) is 15.2. The van der Waals surface area contributed by atoms with Crippen LogP contribution in [0.3, 0.4) is 0 Å². The number of nitro groups is 1. The summed E-state index contributed by atoms with van der Waals surface area (Å²) in [6.07, 6.45) is 0. The first-order valence-electron chi connectivity index (χ1n) is 9.71. The fraction of sp³-hybridized carbons (Fsp3) is 0.136. The third kappa shape index (κ3) is 5.15. The Kier molecular flexibility index (Phi) is 6.02. The molecular formula is C22H18N4O7. The Bertz CT molecular complexity index is 1290. The Balaban J connectivity index is 1.43. The number of hydrogen-bond acceptors (Lipinski definition) is 9. The van der Waals surface area contributed by atoms with Gasteiger partial charge in [-0.3, -0.25) is 14.9 Å². The summed E-state index contributed by atoms with van der Waals surface area (Å²) in [5.74, 6) is 1.30. The van der Waals surface area contributed by atoms with E-state index in [1.807, 2.05) is 0 Å². The summed E-state index contributed by atoms with van der Waals surface area (Å²) in [4.78, 5) is 25.8. The predicted octanol–water partition coefficient (Wildman–Crippen LogP) is 3.66. The maximum Gasteiger partial charge on any atom is 0.311 e. The van der Waals surface area contributed by atoms with Crippen LogP contribution in [0.2, 0.25) is 0 Å². The lowest BCUT2D eigenvalue weighted by molar-refractivity contribution is -0.386. The van der Waals surface area contributed by atoms with E-state index in [1.54, 1.807) is 55.5 Å². The predicted molar refractivity (Wildman–Crippen MR) is 114 cm³/mol. The molecule has 33 heavy (non-hydrogen) atoms. The van der Waals surface area contributed by atoms with Crippen molar-refractivity contribution in [2.45, 2.75) is 13.5 Å². The number of furan rings is 1. The van der Waals surface area contributed by atoms with E-state index < -0.39 is 10.8 Å². The molecular weight excluding hydrogens is 432 g/mol. The minimum atomic E-state index is -0.567. The van der Waals surface area contributed by atoms with Crippen LogP contribution in [0.5, 0.6) is 11.5 Å². The summed E-state index contributed by atoms with van der Waals surface area (Å²) >= 11 is 0. The number of nitrogens with two attached hydrogens (primary N) is 1. The Morgan fingerprint density at radius 3 is 2.64 bits per heavy atom. The molecule has 4 rings (SSSR count). The van der Waals surface area contributed by atoms with Gasteiger partial charge < -0.3 is 24.1 Å². The van der Waals surface area contributed by atoms with E-state index in [9.17, 15) is 14.9 Å². The van der Waals surface area contributed by atoms with Gasteiger partial charge in [0.2, 0.25) is 5.82 Å². The molecule has 0 aliphatic carbocycles. The number of carbonyl (C=O) groups is 1. The number of benzene rings is 2. The Hall–Kier alpha value is -4.67. The van der Waals surface area contributed by atoms with Crippen LogP contribution < -0.4 is 15.2 Å². The van der Waals surface area contributed by atoms with Gasteiger partial charge in [-0.15, -0.1) is 0 Å². The Labute approximate surface area is 186 Å². The van der Waals surface area contributed by atoms with Crippen LogP contribution >= 0.6 is 0 Å². The average Bonchev–Trinajstić information content (AvgIpc) is 3.47. The SMILES string of the molecule is Cc1ccc(OCc2ccc(-c3nc(-c4ccc(OCC(N)=O)cc4)no3)o2)c([N+](=O)[O-])c1. The summed E-state index contributed by atoms with van der Waals surface area (Å²) < 4.78 is 21.7. The van der Waals surface area contributed by atoms with Crippen LogP contribution in [-0.4, -0.2) is 27.6 Å². The first kappa shape index (κ1) is 21.6. The Morgan fingerprint density at radius 2 is 1.91 bits per heavy atom. The molecule has 1 amide bonds. The number of carbonyl (C=O) groups excluding carboxylic acids is 1. The number of nitrogens with zero attached hydrogens (tertiary/aromatic N) is 3. The third-order valence-electron chi connectivity index (χ3n) is 4.47. The van der Waals surface area contributed by atoms with Crippen molar-refractivity contribution in [2.24, 2.45) is 5.73 Å². The molecule has 4 aromatic rings. The highest BCUT2D eigenvalue weighted by atomic mass is 16.6. The molecule has 0 saturated heterocycles. The number of aromatic nitrogens is 2. The molecule has 2 aromatic heterocycles. The molecule has 11 nitrogen and oxygen atoms in total. The molecule has 0 radical (unpaired) electrons. The van der Waals surface area contributed by atoms with Crippen LogP contribution in [0.25, 0.3) is 23.0 Å². The molecule has 0 unspecified atom stereocenters. The van der Waals surface area contributed by atoms with E-state index in [0.717, 1.165) is 5.56 Å². The van der Waals surface area contributed by atoms with Crippen LogP contribution in [0, 0.1) is 17.0 Å². The van der Waals surface area contributed by atoms with Gasteiger partial charge in [-0.25, -0.2) is 0 Å². The van der Waals surface area contributed by atoms with Gasteiger partial charge in [-0.1, -0.05) is 11.2 Å². The van der Waals surface area contributed by atoms with Crippen molar-refractivity contribution in [3.8, 4) is 34.5 Å². The van der Waals surface area contributed by atoms with E-state index >= 15 is 0 Å². The minimum Gasteiger partial charge on any atom is -0.484 e. The molecule has 0 aliphatic rings. The zero-order valence-electron chi connectivity index (χ0n) is 17.4. The van der Waals surface area contributed by atoms with Crippen LogP contribution in [0.1, 0.15) is 11.3 Å². The lowest BCUT2D eigenvalue weighted by Gasteiger charge is -2.05. The molecule has 2 N–H and O–H groups in total. The van der Waals surface area contributed by atoms with Crippen LogP contribution in [0.4, 0.5) is 5.69 Å². The second-order valence-corrected chi connectivity index (χ2v) is 6.99. The van der Waals surface area contributed by atoms with Gasteiger partial charge in [-0.2, -0.15) is 4.98 Å². The maximum atomic E-state index is 11.2. The number of amides is 1. The first-order valence-corrected chi connectivity index (χ1v) is 9.71. The molecule has 0 spiro atoms. The zero-order valence-corrected chi connectivity index (χ0v) is 17.4. The van der Waals surface area contributed by atoms with Crippen molar-refractivity contribution < 1.29 is 28.1 Å². The molecule has 11 heteroatoms. The molecule has 0 aliphatic heterocycles. The molecule has 2 heterocycles. The highest BCUT2D eigenvalue weighted by Crippen LogP contribution is 2.30. The van der Waals surface area contributed by atoms with Crippen molar-refractivity contribution in [1.82, 2.24) is 10.1 Å². The monoisotopic (exact) mass is 450 g/mol. The van der Waals surface area contributed by atoms with Crippen LogP contribution in [0.15, 0.2) is 63.5 Å². The van der Waals surface area contributed by atoms with Gasteiger partial charge >= 0.3 is 5.69 Å². The summed E-state index contributed by atoms with van der Waals surface area (Å²) in [7, 11) is 0. The van der Waals surface area contributed by atoms with E-state index in [0.29, 0.717) is 28.7 Å². The largest absolute Gasteiger partial charge is 0.484 e. The first-order chi connectivity index (χ1) is 15.9. The molecule has 2 aromatic carbocycles. The van der Waals surface area contributed by atoms with Gasteiger partial charge in [-0.05, 0) is 55.0 Å². The minimum absolute atomic E-state index is 0.0162. The zero-order chi connectivity index (χ0) is 23.4. The highest BCUT2D eigenvalue weighted by molar-refractivity contribution is 5.75. The fourth-order valence-corrected chi connectivity index (χ4v) is 2.91. The Morgan fingerprint density at radius 1 is 1.12 bits per heavy atom. The van der Waals surface area contributed by atoms with E-state index in [2.05, 4.69) is 10.1 Å². The lowest BCUT2D eigenvalue weighted by Crippen LogP contribution is -2.19. The van der Waals surface area contributed by atoms with E-state index in [4.69, 9.17) is 24.1 Å². The van der Waals surface area contributed by atoms with Gasteiger partial charge in [0.1, 0.15) is 18.1 Å². The summed E-state index contributed by atoms with van der Waals surface area (Å²) in [6, 6.07) is 14.7. The van der Waals surface area contributed by atoms with Crippen LogP contribution in [-0.2, 0) is 11.4 Å². The van der Waals surface area contributed by atoms with Crippen molar-refractivity contribution >= 4 is 11.6 Å². The number of nitro benzene ring substituents is 1. The maximum absolute atomic E-state index is 11.2. The smallest absolute Gasteiger partial charge is 0.311 e. The molecule has 0 saturated carbocycles. The quantitative estimate of drug-likeness (QED) is 0.297. The van der Waals surface area contributed by atoms with Gasteiger partial charge in [0.15, 0.2) is 18.1 Å². The molecule has 168 valence electrons.